The predicted octanol–water partition coefficient (Wildman–Crippen LogP) is 7.12. The Morgan fingerprint density at radius 3 is 1.84 bits per heavy atom. The standard InChI is InChI=1S/C29H31NO/c31-29(28-20-18-25(19-21-28)17-16-24-10-4-1-5-11-24)30(22-26-12-6-2-7-13-26)23-27-14-8-3-9-15-27/h2-3,6-9,12-21,24H,1,4-5,10-11,22-23H2/b17-16+. The van der Waals surface area contributed by atoms with Gasteiger partial charge in [-0.3, -0.25) is 4.79 Å². The van der Waals surface area contributed by atoms with Crippen molar-refractivity contribution in [3.05, 3.63) is 113 Å². The summed E-state index contributed by atoms with van der Waals surface area (Å²) in [6.07, 6.45) is 11.3. The van der Waals surface area contributed by atoms with E-state index in [-0.39, 0.29) is 5.91 Å². The van der Waals surface area contributed by atoms with Gasteiger partial charge in [-0.15, -0.1) is 0 Å². The summed E-state index contributed by atoms with van der Waals surface area (Å²) < 4.78 is 0. The van der Waals surface area contributed by atoms with E-state index in [0.29, 0.717) is 19.0 Å². The summed E-state index contributed by atoms with van der Waals surface area (Å²) >= 11 is 0. The summed E-state index contributed by atoms with van der Waals surface area (Å²) in [5, 5.41) is 0. The molecule has 1 aliphatic rings. The van der Waals surface area contributed by atoms with Crippen LogP contribution in [0.25, 0.3) is 6.08 Å². The largest absolute Gasteiger partial charge is 0.330 e. The van der Waals surface area contributed by atoms with Crippen LogP contribution in [0, 0.1) is 5.92 Å². The van der Waals surface area contributed by atoms with Crippen molar-refractivity contribution in [3.63, 3.8) is 0 Å². The van der Waals surface area contributed by atoms with Crippen LogP contribution in [0.2, 0.25) is 0 Å². The number of allylic oxidation sites excluding steroid dienone is 1. The molecule has 0 aromatic heterocycles. The van der Waals surface area contributed by atoms with Gasteiger partial charge in [0.05, 0.1) is 0 Å². The first-order valence-corrected chi connectivity index (χ1v) is 11.4. The second-order valence-corrected chi connectivity index (χ2v) is 8.51. The number of rotatable bonds is 7. The van der Waals surface area contributed by atoms with Crippen molar-refractivity contribution in [2.45, 2.75) is 45.2 Å². The van der Waals surface area contributed by atoms with E-state index in [1.165, 1.54) is 37.7 Å². The average molecular weight is 410 g/mol. The fraction of sp³-hybridized carbons (Fsp3) is 0.276. The summed E-state index contributed by atoms with van der Waals surface area (Å²) in [6, 6.07) is 28.5. The zero-order valence-electron chi connectivity index (χ0n) is 18.1. The third kappa shape index (κ3) is 6.18. The van der Waals surface area contributed by atoms with Crippen molar-refractivity contribution >= 4 is 12.0 Å². The van der Waals surface area contributed by atoms with Crippen LogP contribution in [-0.4, -0.2) is 10.8 Å². The minimum absolute atomic E-state index is 0.0653. The maximum absolute atomic E-state index is 13.4. The molecule has 1 saturated carbocycles. The topological polar surface area (TPSA) is 20.3 Å². The van der Waals surface area contributed by atoms with E-state index >= 15 is 0 Å². The van der Waals surface area contributed by atoms with Gasteiger partial charge in [0.15, 0.2) is 0 Å². The smallest absolute Gasteiger partial charge is 0.254 e. The monoisotopic (exact) mass is 409 g/mol. The number of hydrogen-bond acceptors (Lipinski definition) is 1. The van der Waals surface area contributed by atoms with Crippen molar-refractivity contribution in [1.82, 2.24) is 4.90 Å². The summed E-state index contributed by atoms with van der Waals surface area (Å²) in [5.74, 6) is 0.776. The SMILES string of the molecule is O=C(c1ccc(/C=C/C2CCCCC2)cc1)N(Cc1ccccc1)Cc1ccccc1. The molecule has 0 heterocycles. The lowest BCUT2D eigenvalue weighted by atomic mass is 9.89. The Kier molecular flexibility index (Phi) is 7.33. The van der Waals surface area contributed by atoms with Gasteiger partial charge in [0.2, 0.25) is 0 Å². The highest BCUT2D eigenvalue weighted by molar-refractivity contribution is 5.94. The van der Waals surface area contributed by atoms with Gasteiger partial charge >= 0.3 is 0 Å². The zero-order valence-corrected chi connectivity index (χ0v) is 18.1. The number of hydrogen-bond donors (Lipinski definition) is 0. The lowest BCUT2D eigenvalue weighted by molar-refractivity contribution is 0.0730. The maximum Gasteiger partial charge on any atom is 0.254 e. The molecule has 4 rings (SSSR count). The molecule has 0 bridgehead atoms. The van der Waals surface area contributed by atoms with E-state index in [4.69, 9.17) is 0 Å². The van der Waals surface area contributed by atoms with Gasteiger partial charge in [-0.05, 0) is 47.6 Å². The molecule has 0 saturated heterocycles. The highest BCUT2D eigenvalue weighted by Gasteiger charge is 2.17. The molecule has 0 atom stereocenters. The van der Waals surface area contributed by atoms with Crippen LogP contribution in [-0.2, 0) is 13.1 Å². The number of carbonyl (C=O) groups excluding carboxylic acids is 1. The highest BCUT2D eigenvalue weighted by Crippen LogP contribution is 2.25. The minimum Gasteiger partial charge on any atom is -0.330 e. The molecule has 0 radical (unpaired) electrons. The first kappa shape index (κ1) is 21.1. The Hall–Kier alpha value is -3.13. The molecule has 0 aliphatic heterocycles. The summed E-state index contributed by atoms with van der Waals surface area (Å²) in [6.45, 7) is 1.19. The quantitative estimate of drug-likeness (QED) is 0.407. The first-order valence-electron chi connectivity index (χ1n) is 11.4. The van der Waals surface area contributed by atoms with Gasteiger partial charge in [0.1, 0.15) is 0 Å². The van der Waals surface area contributed by atoms with E-state index in [1.807, 2.05) is 53.4 Å². The number of amides is 1. The van der Waals surface area contributed by atoms with Crippen LogP contribution in [0.15, 0.2) is 91.0 Å². The second-order valence-electron chi connectivity index (χ2n) is 8.51. The molecule has 0 spiro atoms. The molecule has 31 heavy (non-hydrogen) atoms. The molecule has 158 valence electrons. The molecule has 2 nitrogen and oxygen atoms in total. The molecular formula is C29H31NO. The van der Waals surface area contributed by atoms with E-state index in [1.54, 1.807) is 0 Å². The van der Waals surface area contributed by atoms with E-state index in [9.17, 15) is 4.79 Å². The van der Waals surface area contributed by atoms with Crippen LogP contribution in [0.5, 0.6) is 0 Å². The Bertz CT molecular complexity index is 929. The summed E-state index contributed by atoms with van der Waals surface area (Å²) in [4.78, 5) is 15.3. The van der Waals surface area contributed by atoms with Gasteiger partial charge in [0.25, 0.3) is 5.91 Å². The van der Waals surface area contributed by atoms with Crippen LogP contribution >= 0.6 is 0 Å². The van der Waals surface area contributed by atoms with Crippen molar-refractivity contribution in [1.29, 1.82) is 0 Å². The number of benzene rings is 3. The van der Waals surface area contributed by atoms with Gasteiger partial charge < -0.3 is 4.90 Å². The van der Waals surface area contributed by atoms with Crippen LogP contribution in [0.3, 0.4) is 0 Å². The molecule has 2 heteroatoms. The van der Waals surface area contributed by atoms with Crippen molar-refractivity contribution in [2.75, 3.05) is 0 Å². The molecule has 3 aromatic rings. The van der Waals surface area contributed by atoms with Crippen molar-refractivity contribution < 1.29 is 4.79 Å². The minimum atomic E-state index is 0.0653. The molecule has 1 amide bonds. The maximum atomic E-state index is 13.4. The second kappa shape index (κ2) is 10.8. The van der Waals surface area contributed by atoms with Gasteiger partial charge in [-0.2, -0.15) is 0 Å². The highest BCUT2D eigenvalue weighted by atomic mass is 16.2. The molecule has 0 N–H and O–H groups in total. The van der Waals surface area contributed by atoms with Crippen LogP contribution < -0.4 is 0 Å². The Balaban J connectivity index is 1.48. The van der Waals surface area contributed by atoms with Gasteiger partial charge in [0, 0.05) is 18.7 Å². The molecule has 1 fully saturated rings. The summed E-state index contributed by atoms with van der Waals surface area (Å²) in [7, 11) is 0. The fourth-order valence-electron chi connectivity index (χ4n) is 4.30. The lowest BCUT2D eigenvalue weighted by Gasteiger charge is -2.23. The van der Waals surface area contributed by atoms with E-state index < -0.39 is 0 Å². The lowest BCUT2D eigenvalue weighted by Crippen LogP contribution is -2.30. The first-order chi connectivity index (χ1) is 15.3. The van der Waals surface area contributed by atoms with Crippen molar-refractivity contribution in [2.24, 2.45) is 5.92 Å². The molecular weight excluding hydrogens is 378 g/mol. The third-order valence-corrected chi connectivity index (χ3v) is 6.09. The van der Waals surface area contributed by atoms with Crippen LogP contribution in [0.4, 0.5) is 0 Å². The molecule has 1 aliphatic carbocycles. The third-order valence-electron chi connectivity index (χ3n) is 6.09. The Morgan fingerprint density at radius 2 is 1.29 bits per heavy atom. The molecule has 3 aromatic carbocycles. The Labute approximate surface area is 186 Å². The van der Waals surface area contributed by atoms with E-state index in [0.717, 1.165) is 16.7 Å². The average Bonchev–Trinajstić information content (AvgIpc) is 2.84. The Morgan fingerprint density at radius 1 is 0.742 bits per heavy atom. The number of nitrogens with zero attached hydrogens (tertiary/aromatic N) is 1. The normalized spacial score (nSPS) is 14.6. The number of carbonyl (C=O) groups is 1. The predicted molar refractivity (Wildman–Crippen MR) is 129 cm³/mol. The molecule has 0 unspecified atom stereocenters. The summed E-state index contributed by atoms with van der Waals surface area (Å²) in [5.41, 5.74) is 4.18. The zero-order chi connectivity index (χ0) is 21.3. The fourth-order valence-corrected chi connectivity index (χ4v) is 4.30. The van der Waals surface area contributed by atoms with Crippen molar-refractivity contribution in [3.8, 4) is 0 Å². The van der Waals surface area contributed by atoms with Crippen LogP contribution in [0.1, 0.15) is 59.2 Å². The van der Waals surface area contributed by atoms with E-state index in [2.05, 4.69) is 48.6 Å². The van der Waals surface area contributed by atoms with Gasteiger partial charge in [-0.25, -0.2) is 0 Å². The van der Waals surface area contributed by atoms with Gasteiger partial charge in [-0.1, -0.05) is 104 Å².